The zero-order valence-corrected chi connectivity index (χ0v) is 22.9. The fourth-order valence-electron chi connectivity index (χ4n) is 1.48. The van der Waals surface area contributed by atoms with Crippen molar-refractivity contribution in [3.63, 3.8) is 0 Å². The molecule has 0 unspecified atom stereocenters. The van der Waals surface area contributed by atoms with Crippen molar-refractivity contribution in [3.8, 4) is 0 Å². The molecular formula is C20H26N6O4Re2-6. The molecule has 0 aliphatic carbocycles. The van der Waals surface area contributed by atoms with Crippen molar-refractivity contribution in [3.05, 3.63) is 111 Å². The van der Waals surface area contributed by atoms with Gasteiger partial charge < -0.3 is 49.3 Å². The van der Waals surface area contributed by atoms with E-state index in [1.807, 2.05) is 12.1 Å². The SMILES string of the molecule is Nc1ccccc1N.[CH3-].[CH3-].[NH-]c1ccccc1[NH-].[NH-]c1ccccc1[NH-].[O]=[Re]=[O].[O]=[Re]=[O]. The van der Waals surface area contributed by atoms with Gasteiger partial charge in [0.1, 0.15) is 0 Å². The standard InChI is InChI=1S/C6H8N2.2C6H6N2.2CH3.4O.2Re/c3*7-5-3-1-2-4-6(5)8;;;;;;;;/h1-4H,7-8H2;2*1-4,7-8H;2*1H3;;;;;;/q;2*-2;2*-1;;;;;;. The van der Waals surface area contributed by atoms with Crippen molar-refractivity contribution in [1.29, 1.82) is 0 Å². The van der Waals surface area contributed by atoms with Crippen LogP contribution in [0.25, 0.3) is 22.9 Å². The maximum absolute atomic E-state index is 8.53. The van der Waals surface area contributed by atoms with Crippen LogP contribution >= 0.6 is 0 Å². The molecule has 10 nitrogen and oxygen atoms in total. The van der Waals surface area contributed by atoms with Crippen LogP contribution in [0, 0.1) is 14.9 Å². The van der Waals surface area contributed by atoms with Crippen molar-refractivity contribution in [2.45, 2.75) is 0 Å². The van der Waals surface area contributed by atoms with Crippen molar-refractivity contribution in [2.75, 3.05) is 11.5 Å². The minimum absolute atomic E-state index is 0. The Morgan fingerprint density at radius 2 is 0.625 bits per heavy atom. The number of nitrogens with two attached hydrogens (primary N) is 2. The average molecular weight is 787 g/mol. The van der Waals surface area contributed by atoms with Gasteiger partial charge in [-0.25, -0.2) is 0 Å². The Bertz CT molecular complexity index is 770. The Morgan fingerprint density at radius 1 is 0.469 bits per heavy atom. The topological polar surface area (TPSA) is 216 Å². The van der Waals surface area contributed by atoms with E-state index < -0.39 is 35.8 Å². The summed E-state index contributed by atoms with van der Waals surface area (Å²) in [5, 5.41) is 0. The zero-order valence-electron chi connectivity index (χ0n) is 17.5. The molecule has 0 saturated carbocycles. The molecule has 0 bridgehead atoms. The summed E-state index contributed by atoms with van der Waals surface area (Å²) in [6.07, 6.45) is 0. The van der Waals surface area contributed by atoms with Gasteiger partial charge in [-0.05, 0) is 12.1 Å². The van der Waals surface area contributed by atoms with Crippen LogP contribution < -0.4 is 11.5 Å². The quantitative estimate of drug-likeness (QED) is 0.175. The third-order valence-corrected chi connectivity index (χ3v) is 2.85. The molecule has 0 radical (unpaired) electrons. The van der Waals surface area contributed by atoms with Crippen LogP contribution in [-0.4, -0.2) is 0 Å². The van der Waals surface area contributed by atoms with Gasteiger partial charge in [-0.15, -0.1) is 0 Å². The van der Waals surface area contributed by atoms with Crippen molar-refractivity contribution < 1.29 is 49.7 Å². The number of nitrogens with one attached hydrogen (secondary N) is 4. The molecule has 180 valence electrons. The van der Waals surface area contributed by atoms with Gasteiger partial charge in [0.2, 0.25) is 0 Å². The molecule has 3 aromatic rings. The van der Waals surface area contributed by atoms with Gasteiger partial charge in [0.25, 0.3) is 0 Å². The predicted octanol–water partition coefficient (Wildman–Crippen LogP) is 7.38. The molecule has 32 heavy (non-hydrogen) atoms. The molecule has 0 aromatic heterocycles. The fraction of sp³-hybridized carbons (Fsp3) is 0. The predicted molar refractivity (Wildman–Crippen MR) is 120 cm³/mol. The van der Waals surface area contributed by atoms with Gasteiger partial charge in [0.05, 0.1) is 11.4 Å². The fourth-order valence-corrected chi connectivity index (χ4v) is 1.48. The summed E-state index contributed by atoms with van der Waals surface area (Å²) >= 11 is -4.33. The van der Waals surface area contributed by atoms with E-state index in [2.05, 4.69) is 0 Å². The van der Waals surface area contributed by atoms with Crippen LogP contribution in [-0.2, 0) is 49.7 Å². The second-order valence-electron chi connectivity index (χ2n) is 4.85. The Hall–Kier alpha value is -3.02. The molecule has 8 N–H and O–H groups in total. The molecule has 0 fully saturated rings. The summed E-state index contributed by atoms with van der Waals surface area (Å²) in [5.41, 5.74) is 41.3. The van der Waals surface area contributed by atoms with E-state index in [-0.39, 0.29) is 37.6 Å². The summed E-state index contributed by atoms with van der Waals surface area (Å²) in [4.78, 5) is 0. The third kappa shape index (κ3) is 20.3. The van der Waals surface area contributed by atoms with Gasteiger partial charge in [-0.3, -0.25) is 0 Å². The first kappa shape index (κ1) is 36.4. The Balaban J connectivity index is -0.000000159. The number of para-hydroxylation sites is 2. The molecule has 12 heteroatoms. The Morgan fingerprint density at radius 3 is 0.750 bits per heavy atom. The Kier molecular flexibility index (Phi) is 27.6. The van der Waals surface area contributed by atoms with E-state index in [1.54, 1.807) is 60.7 Å². The van der Waals surface area contributed by atoms with Crippen LogP contribution in [0.2, 0.25) is 0 Å². The van der Waals surface area contributed by atoms with E-state index >= 15 is 0 Å². The molecule has 0 heterocycles. The second-order valence-corrected chi connectivity index (χ2v) is 5.75. The van der Waals surface area contributed by atoms with E-state index in [4.69, 9.17) is 48.3 Å². The summed E-state index contributed by atoms with van der Waals surface area (Å²) in [7, 11) is 0. The van der Waals surface area contributed by atoms with Crippen molar-refractivity contribution in [2.24, 2.45) is 0 Å². The molecule has 0 spiro atoms. The second kappa shape index (κ2) is 24.3. The minimum atomic E-state index is -2.17. The summed E-state index contributed by atoms with van der Waals surface area (Å²) in [6, 6.07) is 20.7. The monoisotopic (exact) mass is 788 g/mol. The van der Waals surface area contributed by atoms with Crippen LogP contribution in [0.4, 0.5) is 34.1 Å². The third-order valence-electron chi connectivity index (χ3n) is 2.85. The van der Waals surface area contributed by atoms with Crippen LogP contribution in [0.1, 0.15) is 0 Å². The van der Waals surface area contributed by atoms with Gasteiger partial charge >= 0.3 is 49.7 Å². The van der Waals surface area contributed by atoms with Crippen LogP contribution in [0.15, 0.2) is 72.8 Å². The summed E-state index contributed by atoms with van der Waals surface area (Å²) < 4.78 is 34.1. The first-order valence-corrected chi connectivity index (χ1v) is 12.1. The molecule has 3 aromatic carbocycles. The van der Waals surface area contributed by atoms with E-state index in [0.29, 0.717) is 11.4 Å². The van der Waals surface area contributed by atoms with Gasteiger partial charge in [0, 0.05) is 0 Å². The van der Waals surface area contributed by atoms with E-state index in [9.17, 15) is 0 Å². The summed E-state index contributed by atoms with van der Waals surface area (Å²) in [5.74, 6) is 0. The van der Waals surface area contributed by atoms with E-state index in [0.717, 1.165) is 0 Å². The molecular weight excluding hydrogens is 761 g/mol. The number of nitrogen functional groups attached to an aromatic ring is 2. The van der Waals surface area contributed by atoms with Crippen LogP contribution in [0.3, 0.4) is 0 Å². The molecule has 0 aliphatic rings. The number of hydrogen-bond acceptors (Lipinski definition) is 6. The first-order valence-electron chi connectivity index (χ1n) is 7.68. The number of anilines is 2. The van der Waals surface area contributed by atoms with Crippen molar-refractivity contribution in [1.82, 2.24) is 0 Å². The first-order chi connectivity index (χ1) is 14.2. The maximum atomic E-state index is 8.53. The normalized spacial score (nSPS) is 7.50. The zero-order chi connectivity index (χ0) is 23.4. The van der Waals surface area contributed by atoms with Crippen molar-refractivity contribution >= 4 is 34.1 Å². The molecule has 3 rings (SSSR count). The average Bonchev–Trinajstić information content (AvgIpc) is 2.71. The molecule has 0 aliphatic heterocycles. The van der Waals surface area contributed by atoms with Gasteiger partial charge in [-0.1, -0.05) is 60.7 Å². The molecule has 0 saturated heterocycles. The summed E-state index contributed by atoms with van der Waals surface area (Å²) in [6.45, 7) is 0. The Labute approximate surface area is 205 Å². The van der Waals surface area contributed by atoms with Crippen LogP contribution in [0.5, 0.6) is 0 Å². The van der Waals surface area contributed by atoms with E-state index in [1.165, 1.54) is 0 Å². The van der Waals surface area contributed by atoms with Gasteiger partial charge in [0.15, 0.2) is 0 Å². The molecule has 0 amide bonds. The molecule has 0 atom stereocenters. The number of hydrogen-bond donors (Lipinski definition) is 2. The number of benzene rings is 3. The van der Waals surface area contributed by atoms with Gasteiger partial charge in [-0.2, -0.15) is 22.7 Å². The number of rotatable bonds is 0.